The first kappa shape index (κ1) is 23.9. The van der Waals surface area contributed by atoms with Crippen molar-refractivity contribution in [1.82, 2.24) is 4.72 Å². The Morgan fingerprint density at radius 1 is 0.861 bits per heavy atom. The minimum atomic E-state index is -3.80. The van der Waals surface area contributed by atoms with Crippen molar-refractivity contribution < 1.29 is 27.2 Å². The van der Waals surface area contributed by atoms with E-state index in [1.54, 1.807) is 28.8 Å². The third-order valence-electron chi connectivity index (χ3n) is 5.43. The topological polar surface area (TPSA) is 106 Å². The summed E-state index contributed by atoms with van der Waals surface area (Å²) in [6.07, 6.45) is 1.45. The molecule has 0 bridgehead atoms. The summed E-state index contributed by atoms with van der Waals surface area (Å²) in [5.41, 5.74) is 1.57. The van der Waals surface area contributed by atoms with Gasteiger partial charge in [0, 0.05) is 9.79 Å². The van der Waals surface area contributed by atoms with Crippen LogP contribution in [0.5, 0.6) is 0 Å². The van der Waals surface area contributed by atoms with Crippen molar-refractivity contribution in [2.75, 3.05) is 11.5 Å². The number of carbonyl (C=O) groups excluding carboxylic acids is 2. The fourth-order valence-corrected chi connectivity index (χ4v) is 5.73. The Balaban J connectivity index is 1.25. The summed E-state index contributed by atoms with van der Waals surface area (Å²) < 4.78 is 37.8. The van der Waals surface area contributed by atoms with Crippen LogP contribution in [0.3, 0.4) is 0 Å². The first-order valence-electron chi connectivity index (χ1n) is 10.9. The smallest absolute Gasteiger partial charge is 0.338 e. The number of amides is 1. The van der Waals surface area contributed by atoms with Crippen LogP contribution in [0, 0.1) is 0 Å². The van der Waals surface area contributed by atoms with Gasteiger partial charge in [0.25, 0.3) is 5.91 Å². The molecule has 1 aliphatic heterocycles. The highest BCUT2D eigenvalue weighted by Crippen LogP contribution is 2.47. The van der Waals surface area contributed by atoms with Crippen molar-refractivity contribution in [3.63, 3.8) is 0 Å². The molecule has 10 heteroatoms. The number of esters is 1. The lowest BCUT2D eigenvalue weighted by Crippen LogP contribution is -2.32. The Bertz CT molecular complexity index is 1470. The number of carbonyl (C=O) groups is 2. The number of rotatable bonds is 7. The van der Waals surface area contributed by atoms with Gasteiger partial charge in [-0.05, 0) is 60.7 Å². The average Bonchev–Trinajstić information content (AvgIpc) is 3.43. The summed E-state index contributed by atoms with van der Waals surface area (Å²) in [6.45, 7) is -0.473. The SMILES string of the molecule is O=C(OCC(=O)N1c2ccccc2Sc2ccccc21)c1ccc(S(=O)(=O)NCc2ccco2)cc1. The van der Waals surface area contributed by atoms with E-state index in [-0.39, 0.29) is 17.0 Å². The Labute approximate surface area is 211 Å². The quantitative estimate of drug-likeness (QED) is 0.351. The summed E-state index contributed by atoms with van der Waals surface area (Å²) in [4.78, 5) is 29.1. The van der Waals surface area contributed by atoms with Crippen molar-refractivity contribution in [3.05, 3.63) is 103 Å². The molecule has 36 heavy (non-hydrogen) atoms. The Kier molecular flexibility index (Phi) is 6.64. The highest BCUT2D eigenvalue weighted by molar-refractivity contribution is 7.99. The van der Waals surface area contributed by atoms with Crippen LogP contribution in [0.4, 0.5) is 11.4 Å². The minimum Gasteiger partial charge on any atom is -0.468 e. The number of benzene rings is 3. The largest absolute Gasteiger partial charge is 0.468 e. The lowest BCUT2D eigenvalue weighted by Gasteiger charge is -2.30. The lowest BCUT2D eigenvalue weighted by atomic mass is 10.2. The number of para-hydroxylation sites is 2. The normalized spacial score (nSPS) is 12.5. The summed E-state index contributed by atoms with van der Waals surface area (Å²) in [5.74, 6) is -0.658. The second kappa shape index (κ2) is 10.0. The van der Waals surface area contributed by atoms with Gasteiger partial charge in [0.2, 0.25) is 10.0 Å². The first-order valence-corrected chi connectivity index (χ1v) is 13.2. The van der Waals surface area contributed by atoms with Crippen LogP contribution in [0.2, 0.25) is 0 Å². The number of fused-ring (bicyclic) bond motifs is 2. The van der Waals surface area contributed by atoms with Gasteiger partial charge in [-0.3, -0.25) is 9.69 Å². The molecule has 1 aliphatic rings. The van der Waals surface area contributed by atoms with Crippen molar-refractivity contribution >= 4 is 45.0 Å². The first-order chi connectivity index (χ1) is 17.4. The number of nitrogens with zero attached hydrogens (tertiary/aromatic N) is 1. The second-order valence-electron chi connectivity index (χ2n) is 7.77. The Morgan fingerprint density at radius 3 is 2.11 bits per heavy atom. The molecule has 0 unspecified atom stereocenters. The molecule has 2 heterocycles. The Hall–Kier alpha value is -3.86. The molecule has 182 valence electrons. The Morgan fingerprint density at radius 2 is 1.50 bits per heavy atom. The zero-order valence-corrected chi connectivity index (χ0v) is 20.4. The van der Waals surface area contributed by atoms with Gasteiger partial charge >= 0.3 is 5.97 Å². The number of nitrogens with one attached hydrogen (secondary N) is 1. The molecule has 5 rings (SSSR count). The van der Waals surface area contributed by atoms with Gasteiger partial charge in [-0.25, -0.2) is 17.9 Å². The number of hydrogen-bond donors (Lipinski definition) is 1. The van der Waals surface area contributed by atoms with Crippen molar-refractivity contribution in [1.29, 1.82) is 0 Å². The van der Waals surface area contributed by atoms with E-state index < -0.39 is 28.5 Å². The maximum atomic E-state index is 13.2. The molecule has 0 atom stereocenters. The molecule has 0 saturated carbocycles. The van der Waals surface area contributed by atoms with Gasteiger partial charge in [0.15, 0.2) is 6.61 Å². The van der Waals surface area contributed by atoms with Gasteiger partial charge in [-0.15, -0.1) is 0 Å². The van der Waals surface area contributed by atoms with Crippen LogP contribution in [0.15, 0.2) is 110 Å². The van der Waals surface area contributed by atoms with Crippen molar-refractivity contribution in [2.24, 2.45) is 0 Å². The van der Waals surface area contributed by atoms with Crippen molar-refractivity contribution in [2.45, 2.75) is 21.2 Å². The fraction of sp³-hybridized carbons (Fsp3) is 0.0769. The highest BCUT2D eigenvalue weighted by atomic mass is 32.2. The molecule has 0 saturated heterocycles. The summed E-state index contributed by atoms with van der Waals surface area (Å²) in [5, 5.41) is 0. The number of anilines is 2. The number of hydrogen-bond acceptors (Lipinski definition) is 7. The molecule has 1 N–H and O–H groups in total. The fourth-order valence-electron chi connectivity index (χ4n) is 3.68. The van der Waals surface area contributed by atoms with Gasteiger partial charge in [0.1, 0.15) is 5.76 Å². The molecule has 0 radical (unpaired) electrons. The van der Waals surface area contributed by atoms with E-state index in [2.05, 4.69) is 4.72 Å². The lowest BCUT2D eigenvalue weighted by molar-refractivity contribution is -0.121. The van der Waals surface area contributed by atoms with Crippen LogP contribution in [-0.2, 0) is 26.1 Å². The third kappa shape index (κ3) is 4.92. The van der Waals surface area contributed by atoms with Crippen molar-refractivity contribution in [3.8, 4) is 0 Å². The molecule has 3 aromatic carbocycles. The van der Waals surface area contributed by atoms with E-state index in [0.717, 1.165) is 21.2 Å². The zero-order valence-electron chi connectivity index (χ0n) is 18.8. The van der Waals surface area contributed by atoms with Crippen LogP contribution >= 0.6 is 11.8 Å². The van der Waals surface area contributed by atoms with Gasteiger partial charge in [-0.2, -0.15) is 0 Å². The zero-order chi connectivity index (χ0) is 25.1. The van der Waals surface area contributed by atoms with E-state index in [4.69, 9.17) is 9.15 Å². The van der Waals surface area contributed by atoms with Crippen LogP contribution in [-0.4, -0.2) is 26.9 Å². The molecule has 0 fully saturated rings. The third-order valence-corrected chi connectivity index (χ3v) is 7.97. The molecule has 1 aromatic heterocycles. The number of furan rings is 1. The van der Waals surface area contributed by atoms with E-state index in [1.165, 1.54) is 30.5 Å². The molecule has 1 amide bonds. The van der Waals surface area contributed by atoms with Gasteiger partial charge in [-0.1, -0.05) is 36.0 Å². The minimum absolute atomic E-state index is 0.00248. The van der Waals surface area contributed by atoms with Crippen LogP contribution < -0.4 is 9.62 Å². The number of sulfonamides is 1. The average molecular weight is 521 g/mol. The second-order valence-corrected chi connectivity index (χ2v) is 10.6. The summed E-state index contributed by atoms with van der Waals surface area (Å²) >= 11 is 1.57. The monoisotopic (exact) mass is 520 g/mol. The van der Waals surface area contributed by atoms with E-state index >= 15 is 0 Å². The summed E-state index contributed by atoms with van der Waals surface area (Å²) in [6, 6.07) is 23.7. The highest BCUT2D eigenvalue weighted by Gasteiger charge is 2.28. The maximum Gasteiger partial charge on any atom is 0.338 e. The van der Waals surface area contributed by atoms with E-state index in [1.807, 2.05) is 48.5 Å². The maximum absolute atomic E-state index is 13.2. The van der Waals surface area contributed by atoms with E-state index in [9.17, 15) is 18.0 Å². The molecule has 4 aromatic rings. The molecule has 0 aliphatic carbocycles. The van der Waals surface area contributed by atoms with E-state index in [0.29, 0.717) is 5.76 Å². The molecular formula is C26H20N2O6S2. The summed E-state index contributed by atoms with van der Waals surface area (Å²) in [7, 11) is -3.80. The molecule has 0 spiro atoms. The predicted molar refractivity (Wildman–Crippen MR) is 134 cm³/mol. The van der Waals surface area contributed by atoms with Crippen LogP contribution in [0.1, 0.15) is 16.1 Å². The number of ether oxygens (including phenoxy) is 1. The van der Waals surface area contributed by atoms with Gasteiger partial charge in [0.05, 0.1) is 34.6 Å². The van der Waals surface area contributed by atoms with Gasteiger partial charge < -0.3 is 9.15 Å². The van der Waals surface area contributed by atoms with Crippen LogP contribution in [0.25, 0.3) is 0 Å². The predicted octanol–water partition coefficient (Wildman–Crippen LogP) is 4.74. The standard InChI is InChI=1S/C26H20N2O6S2/c29-25(28-21-7-1-3-9-23(21)35-24-10-4-2-8-22(24)28)17-34-26(30)18-11-13-20(14-12-18)36(31,32)27-16-19-6-5-15-33-19/h1-15,27H,16-17H2. The molecule has 8 nitrogen and oxygen atoms in total. The molecular weight excluding hydrogens is 500 g/mol.